The van der Waals surface area contributed by atoms with Gasteiger partial charge in [-0.3, -0.25) is 0 Å². The van der Waals surface area contributed by atoms with Gasteiger partial charge in [-0.05, 0) is 40.6 Å². The van der Waals surface area contributed by atoms with E-state index in [9.17, 15) is 8.42 Å². The molecule has 0 fully saturated rings. The molecule has 0 saturated heterocycles. The van der Waals surface area contributed by atoms with Crippen LogP contribution in [0.4, 0.5) is 0 Å². The molecule has 0 unspecified atom stereocenters. The van der Waals surface area contributed by atoms with Crippen molar-refractivity contribution < 1.29 is 13.2 Å². The van der Waals surface area contributed by atoms with Crippen LogP contribution in [-0.2, 0) is 22.6 Å². The molecule has 0 spiro atoms. The number of hydrogen-bond acceptors (Lipinski definition) is 6. The van der Waals surface area contributed by atoms with Crippen molar-refractivity contribution in [2.75, 3.05) is 7.11 Å². The van der Waals surface area contributed by atoms with Crippen molar-refractivity contribution in [2.24, 2.45) is 7.05 Å². The fourth-order valence-corrected chi connectivity index (χ4v) is 4.61. The van der Waals surface area contributed by atoms with Gasteiger partial charge in [0.15, 0.2) is 9.84 Å². The predicted octanol–water partition coefficient (Wildman–Crippen LogP) is 3.53. The first-order valence-corrected chi connectivity index (χ1v) is 10.9. The quantitative estimate of drug-likeness (QED) is 0.474. The van der Waals surface area contributed by atoms with Gasteiger partial charge >= 0.3 is 0 Å². The number of aryl methyl sites for hydroxylation is 1. The molecule has 4 rings (SSSR count). The van der Waals surface area contributed by atoms with Crippen LogP contribution in [0, 0.1) is 0 Å². The lowest BCUT2D eigenvalue weighted by Gasteiger charge is -2.12. The second-order valence-electron chi connectivity index (χ2n) is 6.78. The largest absolute Gasteiger partial charge is 0.496 e. The second-order valence-corrected chi connectivity index (χ2v) is 8.77. The van der Waals surface area contributed by atoms with Gasteiger partial charge in [-0.15, -0.1) is 10.2 Å². The third-order valence-electron chi connectivity index (χ3n) is 4.69. The minimum Gasteiger partial charge on any atom is -0.496 e. The Morgan fingerprint density at radius 2 is 1.67 bits per heavy atom. The van der Waals surface area contributed by atoms with Gasteiger partial charge in [0.1, 0.15) is 5.75 Å². The highest BCUT2D eigenvalue weighted by atomic mass is 32.2. The molecular formula is C22H20N4O3S. The van der Waals surface area contributed by atoms with Gasteiger partial charge in [-0.25, -0.2) is 8.42 Å². The summed E-state index contributed by atoms with van der Waals surface area (Å²) in [5.41, 5.74) is 3.13. The van der Waals surface area contributed by atoms with Crippen molar-refractivity contribution in [3.8, 4) is 28.3 Å². The Hall–Kier alpha value is -3.52. The van der Waals surface area contributed by atoms with Gasteiger partial charge in [0, 0.05) is 11.1 Å². The lowest BCUT2D eigenvalue weighted by atomic mass is 10.0. The van der Waals surface area contributed by atoms with Gasteiger partial charge in [-0.1, -0.05) is 48.5 Å². The highest BCUT2D eigenvalue weighted by Gasteiger charge is 2.20. The zero-order valence-corrected chi connectivity index (χ0v) is 17.4. The first kappa shape index (κ1) is 19.8. The zero-order valence-electron chi connectivity index (χ0n) is 16.6. The van der Waals surface area contributed by atoms with Crippen molar-refractivity contribution in [1.82, 2.24) is 20.2 Å². The third kappa shape index (κ3) is 4.08. The molecule has 0 aliphatic heterocycles. The van der Waals surface area contributed by atoms with Crippen LogP contribution in [-0.4, -0.2) is 35.7 Å². The number of rotatable bonds is 6. The van der Waals surface area contributed by atoms with E-state index in [1.54, 1.807) is 37.4 Å². The standard InChI is InChI=1S/C22H20N4O3S/c1-26-24-22(23-25-26)18-9-6-10-20(14-18)30(27,28)15-19-13-17(11-12-21(19)29-2)16-7-4-3-5-8-16/h3-14H,15H2,1-2H3. The van der Waals surface area contributed by atoms with Gasteiger partial charge in [-0.2, -0.15) is 4.80 Å². The van der Waals surface area contributed by atoms with E-state index in [4.69, 9.17) is 4.74 Å². The van der Waals surface area contributed by atoms with Gasteiger partial charge < -0.3 is 4.74 Å². The normalized spacial score (nSPS) is 11.4. The average Bonchev–Trinajstić information content (AvgIpc) is 3.20. The predicted molar refractivity (Wildman–Crippen MR) is 114 cm³/mol. The first-order valence-electron chi connectivity index (χ1n) is 9.26. The number of hydrogen-bond donors (Lipinski definition) is 0. The summed E-state index contributed by atoms with van der Waals surface area (Å²) in [7, 11) is -0.440. The number of ether oxygens (including phenoxy) is 1. The molecular weight excluding hydrogens is 400 g/mol. The van der Waals surface area contributed by atoms with E-state index in [0.29, 0.717) is 22.7 Å². The fraction of sp³-hybridized carbons (Fsp3) is 0.136. The topological polar surface area (TPSA) is 87.0 Å². The number of aromatic nitrogens is 4. The maximum absolute atomic E-state index is 13.2. The molecule has 30 heavy (non-hydrogen) atoms. The summed E-state index contributed by atoms with van der Waals surface area (Å²) in [5.74, 6) is 0.719. The molecule has 0 N–H and O–H groups in total. The van der Waals surface area contributed by atoms with Crippen LogP contribution in [0.25, 0.3) is 22.5 Å². The first-order chi connectivity index (χ1) is 14.5. The Bertz CT molecular complexity index is 1280. The molecule has 0 amide bonds. The fourth-order valence-electron chi connectivity index (χ4n) is 3.22. The van der Waals surface area contributed by atoms with Gasteiger partial charge in [0.25, 0.3) is 0 Å². The molecule has 1 heterocycles. The van der Waals surface area contributed by atoms with Crippen LogP contribution in [0.5, 0.6) is 5.75 Å². The van der Waals surface area contributed by atoms with Gasteiger partial charge in [0.2, 0.25) is 5.82 Å². The molecule has 0 atom stereocenters. The van der Waals surface area contributed by atoms with Crippen LogP contribution in [0.3, 0.4) is 0 Å². The minimum atomic E-state index is -3.63. The summed E-state index contributed by atoms with van der Waals surface area (Å²) >= 11 is 0. The van der Waals surface area contributed by atoms with Crippen LogP contribution >= 0.6 is 0 Å². The maximum Gasteiger partial charge on any atom is 0.204 e. The number of benzene rings is 3. The van der Waals surface area contributed by atoms with Crippen molar-refractivity contribution in [2.45, 2.75) is 10.6 Å². The summed E-state index contributed by atoms with van der Waals surface area (Å²) < 4.78 is 31.8. The lowest BCUT2D eigenvalue weighted by molar-refractivity contribution is 0.411. The molecule has 7 nitrogen and oxygen atoms in total. The van der Waals surface area contributed by atoms with E-state index in [1.807, 2.05) is 42.5 Å². The molecule has 152 valence electrons. The van der Waals surface area contributed by atoms with Crippen LogP contribution in [0.15, 0.2) is 77.7 Å². The van der Waals surface area contributed by atoms with Crippen LogP contribution in [0.1, 0.15) is 5.56 Å². The molecule has 0 aliphatic carbocycles. The Balaban J connectivity index is 1.70. The highest BCUT2D eigenvalue weighted by Crippen LogP contribution is 2.30. The molecule has 3 aromatic carbocycles. The van der Waals surface area contributed by atoms with Crippen molar-refractivity contribution in [1.29, 1.82) is 0 Å². The molecule has 1 aromatic heterocycles. The minimum absolute atomic E-state index is 0.186. The van der Waals surface area contributed by atoms with E-state index in [-0.39, 0.29) is 10.6 Å². The van der Waals surface area contributed by atoms with E-state index in [1.165, 1.54) is 11.9 Å². The van der Waals surface area contributed by atoms with Crippen molar-refractivity contribution >= 4 is 9.84 Å². The van der Waals surface area contributed by atoms with E-state index < -0.39 is 9.84 Å². The molecule has 0 bridgehead atoms. The number of sulfone groups is 1. The summed E-state index contributed by atoms with van der Waals surface area (Å²) in [6, 6.07) is 22.0. The Morgan fingerprint density at radius 3 is 2.37 bits per heavy atom. The average molecular weight is 420 g/mol. The van der Waals surface area contributed by atoms with Crippen LogP contribution < -0.4 is 4.74 Å². The number of nitrogens with zero attached hydrogens (tertiary/aromatic N) is 4. The molecule has 0 aliphatic rings. The molecule has 0 radical (unpaired) electrons. The Kier molecular flexibility index (Phi) is 5.33. The van der Waals surface area contributed by atoms with E-state index >= 15 is 0 Å². The highest BCUT2D eigenvalue weighted by molar-refractivity contribution is 7.90. The van der Waals surface area contributed by atoms with E-state index in [2.05, 4.69) is 15.4 Å². The van der Waals surface area contributed by atoms with Crippen molar-refractivity contribution in [3.63, 3.8) is 0 Å². The van der Waals surface area contributed by atoms with E-state index in [0.717, 1.165) is 11.1 Å². The smallest absolute Gasteiger partial charge is 0.204 e. The molecule has 4 aromatic rings. The monoisotopic (exact) mass is 420 g/mol. The zero-order chi connectivity index (χ0) is 21.1. The lowest BCUT2D eigenvalue weighted by Crippen LogP contribution is -2.07. The maximum atomic E-state index is 13.2. The van der Waals surface area contributed by atoms with Gasteiger partial charge in [0.05, 0.1) is 24.8 Å². The number of tetrazole rings is 1. The molecule has 0 saturated carbocycles. The summed E-state index contributed by atoms with van der Waals surface area (Å²) in [6.45, 7) is 0. The number of methoxy groups -OCH3 is 1. The summed E-state index contributed by atoms with van der Waals surface area (Å²) in [5, 5.41) is 11.9. The third-order valence-corrected chi connectivity index (χ3v) is 6.36. The second kappa shape index (κ2) is 8.08. The summed E-state index contributed by atoms with van der Waals surface area (Å²) in [4.78, 5) is 1.52. The van der Waals surface area contributed by atoms with Crippen LogP contribution in [0.2, 0.25) is 0 Å². The van der Waals surface area contributed by atoms with Crippen molar-refractivity contribution in [3.05, 3.63) is 78.4 Å². The molecule has 8 heteroatoms. The summed E-state index contributed by atoms with van der Waals surface area (Å²) in [6.07, 6.45) is 0. The Morgan fingerprint density at radius 1 is 0.900 bits per heavy atom. The Labute approximate surface area is 174 Å². The SMILES string of the molecule is COc1ccc(-c2ccccc2)cc1CS(=O)(=O)c1cccc(-c2nnn(C)n2)c1.